The van der Waals surface area contributed by atoms with Crippen LogP contribution in [0.1, 0.15) is 149 Å². The van der Waals surface area contributed by atoms with Crippen LogP contribution < -0.4 is 18.9 Å². The summed E-state index contributed by atoms with van der Waals surface area (Å²) in [5, 5.41) is 39.8. The van der Waals surface area contributed by atoms with E-state index in [4.69, 9.17) is 42.1 Å². The molecule has 0 atom stereocenters. The van der Waals surface area contributed by atoms with Gasteiger partial charge in [0.25, 0.3) is 10.1 Å². The van der Waals surface area contributed by atoms with E-state index in [1.165, 1.54) is 29.3 Å². The minimum Gasteiger partial charge on any atom is -0.456 e. The van der Waals surface area contributed by atoms with E-state index in [1.54, 1.807) is 72.8 Å². The number of halogens is 2. The standard InChI is InChI=1S/C53H44N2O6S.C38H30Cl2N2O2/c1-34-19-28-45(46(29-34)51(56)36-12-8-15-43(30-36)62(57,58)59)44-16-10-18-50(48(44)33-55)61-42-26-22-38(23-27-42)53(5,6)40-14-9-13-39(31-40)52(3,4)37-20-24-41(25-21-37)60-49-17-7-11-35(2)47(49)32-54;1-37(2,25-14-18-29(19-15-25)43-35-12-6-10-33(39)31(35)23-41)27-8-5-9-28(22-27)38(3,4)26-16-20-30(21-17-26)44-36-13-7-11-34(40)32(36)24-42/h7-31H,1-6H3,(H,57,58,59);5-22H,1-4H3. The predicted molar refractivity (Wildman–Crippen MR) is 417 cm³/mol. The summed E-state index contributed by atoms with van der Waals surface area (Å²) in [5.74, 6) is 3.67. The molecular weight excluding hydrogens is 1380 g/mol. The van der Waals surface area contributed by atoms with Crippen LogP contribution in [0.5, 0.6) is 46.0 Å². The summed E-state index contributed by atoms with van der Waals surface area (Å²) in [6, 6.07) is 89.3. The molecule has 0 aliphatic heterocycles. The molecule has 0 saturated heterocycles. The average Bonchev–Trinajstić information content (AvgIpc) is 0.782. The highest BCUT2D eigenvalue weighted by molar-refractivity contribution is 7.85. The molecule has 0 bridgehead atoms. The first-order chi connectivity index (χ1) is 50.5. The largest absolute Gasteiger partial charge is 0.456 e. The van der Waals surface area contributed by atoms with Gasteiger partial charge in [0.05, 0.1) is 20.5 Å². The minimum absolute atomic E-state index is 0.0728. The number of rotatable bonds is 20. The molecule has 0 aliphatic rings. The molecule has 0 aromatic heterocycles. The monoisotopic (exact) mass is 1450 g/mol. The topological polar surface area (TPSA) is 204 Å². The molecule has 12 aromatic rings. The van der Waals surface area contributed by atoms with Crippen molar-refractivity contribution in [3.05, 3.63) is 360 Å². The fourth-order valence-corrected chi connectivity index (χ4v) is 13.7. The van der Waals surface area contributed by atoms with E-state index < -0.39 is 20.8 Å². The lowest BCUT2D eigenvalue weighted by molar-refractivity contribution is 0.103. The zero-order chi connectivity index (χ0) is 75.9. The first kappa shape index (κ1) is 75.1. The summed E-state index contributed by atoms with van der Waals surface area (Å²) in [7, 11) is -4.53. The van der Waals surface area contributed by atoms with Crippen LogP contribution in [-0.2, 0) is 31.8 Å². The number of hydrogen-bond donors (Lipinski definition) is 1. The van der Waals surface area contributed by atoms with Crippen LogP contribution in [0.15, 0.2) is 266 Å². The smallest absolute Gasteiger partial charge is 0.294 e. The molecular formula is C91H74Cl2N4O8S. The van der Waals surface area contributed by atoms with Gasteiger partial charge in [0.2, 0.25) is 0 Å². The van der Waals surface area contributed by atoms with Crippen LogP contribution >= 0.6 is 23.2 Å². The van der Waals surface area contributed by atoms with Crippen LogP contribution in [0.25, 0.3) is 11.1 Å². The summed E-state index contributed by atoms with van der Waals surface area (Å²) < 4.78 is 57.7. The van der Waals surface area contributed by atoms with Crippen molar-refractivity contribution in [1.29, 1.82) is 21.0 Å². The first-order valence-electron chi connectivity index (χ1n) is 34.0. The number of hydrogen-bond acceptors (Lipinski definition) is 11. The van der Waals surface area contributed by atoms with Crippen molar-refractivity contribution < 1.29 is 36.7 Å². The Morgan fingerprint density at radius 2 is 0.689 bits per heavy atom. The molecule has 15 heteroatoms. The number of aryl methyl sites for hydroxylation is 2. The minimum atomic E-state index is -4.53. The number of carbonyl (C=O) groups excluding carboxylic acids is 1. The zero-order valence-electron chi connectivity index (χ0n) is 60.1. The van der Waals surface area contributed by atoms with Crippen molar-refractivity contribution in [2.45, 2.75) is 95.8 Å². The summed E-state index contributed by atoms with van der Waals surface area (Å²) in [6.45, 7) is 21.3. The van der Waals surface area contributed by atoms with Crippen molar-refractivity contribution in [3.8, 4) is 81.4 Å². The van der Waals surface area contributed by atoms with Gasteiger partial charge in [-0.3, -0.25) is 9.35 Å². The van der Waals surface area contributed by atoms with Gasteiger partial charge in [-0.25, -0.2) is 0 Å². The quantitative estimate of drug-likeness (QED) is 0.0559. The van der Waals surface area contributed by atoms with Gasteiger partial charge in [-0.05, 0) is 173 Å². The predicted octanol–water partition coefficient (Wildman–Crippen LogP) is 23.4. The van der Waals surface area contributed by atoms with E-state index in [0.717, 1.165) is 50.6 Å². The second-order valence-corrected chi connectivity index (χ2v) is 30.1. The second-order valence-electron chi connectivity index (χ2n) is 27.8. The SMILES string of the molecule is CC(C)(c1ccc(Oc2cccc(Cl)c2C#N)cc1)c1cccc(C(C)(C)c2ccc(Oc3cccc(Cl)c3C#N)cc2)c1.Cc1ccc(-c2cccc(Oc3ccc(C(C)(C)c4cccc(C(C)(C)c5ccc(Oc6cccc(C)c6C#N)cc5)c4)cc3)c2C#N)c(C(=O)c2cccc(S(=O)(=O)O)c2)c1. The van der Waals surface area contributed by atoms with E-state index in [1.807, 2.05) is 92.7 Å². The van der Waals surface area contributed by atoms with Gasteiger partial charge < -0.3 is 18.9 Å². The van der Waals surface area contributed by atoms with Gasteiger partial charge in [-0.15, -0.1) is 0 Å². The van der Waals surface area contributed by atoms with Crippen molar-refractivity contribution in [2.24, 2.45) is 0 Å². The molecule has 12 aromatic carbocycles. The fraction of sp³-hybridized carbons (Fsp3) is 0.154. The molecule has 0 spiro atoms. The highest BCUT2D eigenvalue weighted by Crippen LogP contribution is 2.43. The Morgan fingerprint density at radius 3 is 1.06 bits per heavy atom. The highest BCUT2D eigenvalue weighted by atomic mass is 35.5. The molecule has 526 valence electrons. The molecule has 0 unspecified atom stereocenters. The van der Waals surface area contributed by atoms with Gasteiger partial charge >= 0.3 is 0 Å². The van der Waals surface area contributed by atoms with Gasteiger partial charge in [0, 0.05) is 38.4 Å². The van der Waals surface area contributed by atoms with Crippen LogP contribution in [0.2, 0.25) is 10.0 Å². The Kier molecular flexibility index (Phi) is 22.1. The van der Waals surface area contributed by atoms with E-state index in [9.17, 15) is 38.8 Å². The Balaban J connectivity index is 0.000000224. The molecule has 0 fully saturated rings. The Morgan fingerprint density at radius 1 is 0.358 bits per heavy atom. The lowest BCUT2D eigenvalue weighted by atomic mass is 9.73. The Labute approximate surface area is 629 Å². The van der Waals surface area contributed by atoms with Crippen molar-refractivity contribution >= 4 is 39.1 Å². The molecule has 0 saturated carbocycles. The van der Waals surface area contributed by atoms with E-state index in [0.29, 0.717) is 83.9 Å². The summed E-state index contributed by atoms with van der Waals surface area (Å²) in [5.41, 5.74) is 12.1. The number of carbonyl (C=O) groups is 1. The van der Waals surface area contributed by atoms with Crippen molar-refractivity contribution in [1.82, 2.24) is 0 Å². The number of nitrogens with zero attached hydrogens (tertiary/aromatic N) is 4. The highest BCUT2D eigenvalue weighted by Gasteiger charge is 2.31. The molecule has 0 radical (unpaired) electrons. The molecule has 0 heterocycles. The maximum absolute atomic E-state index is 13.9. The van der Waals surface area contributed by atoms with Crippen molar-refractivity contribution in [3.63, 3.8) is 0 Å². The third kappa shape index (κ3) is 16.2. The lowest BCUT2D eigenvalue weighted by Crippen LogP contribution is -2.22. The number of nitriles is 4. The molecule has 106 heavy (non-hydrogen) atoms. The maximum Gasteiger partial charge on any atom is 0.294 e. The van der Waals surface area contributed by atoms with Crippen LogP contribution in [0, 0.1) is 59.2 Å². The van der Waals surface area contributed by atoms with Crippen molar-refractivity contribution in [2.75, 3.05) is 0 Å². The Hall–Kier alpha value is -12.0. The van der Waals surface area contributed by atoms with Gasteiger partial charge in [-0.2, -0.15) is 29.5 Å². The summed E-state index contributed by atoms with van der Waals surface area (Å²) in [4.78, 5) is 13.5. The van der Waals surface area contributed by atoms with Gasteiger partial charge in [0.1, 0.15) is 87.0 Å². The molecule has 0 amide bonds. The molecule has 1 N–H and O–H groups in total. The lowest BCUT2D eigenvalue weighted by Gasteiger charge is -2.31. The van der Waals surface area contributed by atoms with Crippen LogP contribution in [0.3, 0.4) is 0 Å². The third-order valence-corrected chi connectivity index (χ3v) is 21.1. The summed E-state index contributed by atoms with van der Waals surface area (Å²) in [6.07, 6.45) is 0. The Bertz CT molecular complexity index is 5490. The maximum atomic E-state index is 13.9. The van der Waals surface area contributed by atoms with Gasteiger partial charge in [-0.1, -0.05) is 242 Å². The summed E-state index contributed by atoms with van der Waals surface area (Å²) >= 11 is 12.3. The molecule has 0 aliphatic carbocycles. The molecule has 12 rings (SSSR count). The van der Waals surface area contributed by atoms with E-state index >= 15 is 0 Å². The first-order valence-corrected chi connectivity index (χ1v) is 36.2. The second kappa shape index (κ2) is 31.1. The zero-order valence-corrected chi connectivity index (χ0v) is 62.4. The number of ketones is 1. The fourth-order valence-electron chi connectivity index (χ4n) is 12.8. The third-order valence-electron chi connectivity index (χ3n) is 19.6. The van der Waals surface area contributed by atoms with Crippen LogP contribution in [-0.4, -0.2) is 18.8 Å². The number of benzene rings is 12. The van der Waals surface area contributed by atoms with Gasteiger partial charge in [0.15, 0.2) is 5.78 Å². The normalized spacial score (nSPS) is 11.5. The van der Waals surface area contributed by atoms with E-state index in [2.05, 4.69) is 165 Å². The van der Waals surface area contributed by atoms with Crippen LogP contribution in [0.4, 0.5) is 0 Å². The van der Waals surface area contributed by atoms with E-state index in [-0.39, 0.29) is 38.4 Å². The molecule has 12 nitrogen and oxygen atoms in total. The average molecular weight is 1450 g/mol. The number of ether oxygens (including phenoxy) is 4.